The maximum absolute atomic E-state index is 12.7. The van der Waals surface area contributed by atoms with Crippen molar-refractivity contribution in [1.82, 2.24) is 4.90 Å². The highest BCUT2D eigenvalue weighted by atomic mass is 35.5. The van der Waals surface area contributed by atoms with Crippen LogP contribution in [0.1, 0.15) is 39.2 Å². The minimum Gasteiger partial charge on any atom is -0.444 e. The Bertz CT molecular complexity index is 760. The number of amides is 1. The standard InChI is InChI=1S/C21H27Cl2NO3/c1-6-17(26-5)21-12-20(21,14-7-8-15(22)16(23)11-14)9-10-24(13-21)18(25)27-19(2,3)4/h6-8,11,17H,1,9-10,12-13H2,2-5H3. The van der Waals surface area contributed by atoms with Gasteiger partial charge in [0.25, 0.3) is 0 Å². The van der Waals surface area contributed by atoms with E-state index < -0.39 is 5.60 Å². The summed E-state index contributed by atoms with van der Waals surface area (Å²) in [7, 11) is 1.69. The lowest BCUT2D eigenvalue weighted by Crippen LogP contribution is -2.50. The molecular formula is C21H27Cl2NO3. The van der Waals surface area contributed by atoms with Crippen molar-refractivity contribution in [2.75, 3.05) is 20.2 Å². The third kappa shape index (κ3) is 3.48. The van der Waals surface area contributed by atoms with E-state index in [2.05, 4.69) is 6.58 Å². The zero-order valence-electron chi connectivity index (χ0n) is 16.4. The molecule has 3 unspecified atom stereocenters. The van der Waals surface area contributed by atoms with Crippen LogP contribution in [0.5, 0.6) is 0 Å². The number of halogens is 2. The lowest BCUT2D eigenvalue weighted by atomic mass is 9.77. The fourth-order valence-electron chi connectivity index (χ4n) is 4.60. The number of hydrogen-bond donors (Lipinski definition) is 0. The van der Waals surface area contributed by atoms with Crippen molar-refractivity contribution in [1.29, 1.82) is 0 Å². The highest BCUT2D eigenvalue weighted by Crippen LogP contribution is 2.71. The largest absolute Gasteiger partial charge is 0.444 e. The molecule has 0 spiro atoms. The summed E-state index contributed by atoms with van der Waals surface area (Å²) in [6, 6.07) is 5.83. The number of fused-ring (bicyclic) bond motifs is 1. The molecule has 1 aliphatic heterocycles. The average Bonchev–Trinajstić information content (AvgIpc) is 3.27. The van der Waals surface area contributed by atoms with Gasteiger partial charge in [0.15, 0.2) is 0 Å². The molecule has 1 aromatic rings. The number of benzene rings is 1. The summed E-state index contributed by atoms with van der Waals surface area (Å²) in [6.07, 6.45) is 3.10. The molecule has 1 heterocycles. The van der Waals surface area contributed by atoms with Gasteiger partial charge in [0.05, 0.1) is 16.1 Å². The number of rotatable bonds is 4. The molecule has 148 valence electrons. The van der Waals surface area contributed by atoms with Gasteiger partial charge in [-0.15, -0.1) is 6.58 Å². The van der Waals surface area contributed by atoms with Crippen molar-refractivity contribution >= 4 is 29.3 Å². The molecule has 2 fully saturated rings. The second-order valence-electron chi connectivity index (χ2n) is 8.59. The quantitative estimate of drug-likeness (QED) is 0.617. The van der Waals surface area contributed by atoms with Crippen LogP contribution in [0.3, 0.4) is 0 Å². The van der Waals surface area contributed by atoms with Crippen LogP contribution in [0, 0.1) is 5.41 Å². The average molecular weight is 412 g/mol. The molecule has 0 radical (unpaired) electrons. The van der Waals surface area contributed by atoms with Crippen molar-refractivity contribution in [2.45, 2.75) is 50.7 Å². The second-order valence-corrected chi connectivity index (χ2v) is 9.40. The SMILES string of the molecule is C=CC(OC)C12CN(C(=O)OC(C)(C)C)CCC1(c1ccc(Cl)c(Cl)c1)C2. The number of ether oxygens (including phenoxy) is 2. The van der Waals surface area contributed by atoms with Crippen LogP contribution in [-0.4, -0.2) is 42.9 Å². The third-order valence-corrected chi connectivity index (χ3v) is 6.60. The molecule has 4 nitrogen and oxygen atoms in total. The smallest absolute Gasteiger partial charge is 0.410 e. The minimum atomic E-state index is -0.523. The van der Waals surface area contributed by atoms with Gasteiger partial charge in [-0.2, -0.15) is 0 Å². The van der Waals surface area contributed by atoms with E-state index in [0.717, 1.165) is 18.4 Å². The number of hydrogen-bond acceptors (Lipinski definition) is 3. The molecule has 3 atom stereocenters. The van der Waals surface area contributed by atoms with Gasteiger partial charge in [0.2, 0.25) is 0 Å². The van der Waals surface area contributed by atoms with Crippen LogP contribution in [0.25, 0.3) is 0 Å². The maximum Gasteiger partial charge on any atom is 0.410 e. The fourth-order valence-corrected chi connectivity index (χ4v) is 4.90. The first-order chi connectivity index (χ1) is 12.6. The molecule has 1 aromatic carbocycles. The molecule has 0 N–H and O–H groups in total. The zero-order valence-corrected chi connectivity index (χ0v) is 17.9. The predicted octanol–water partition coefficient (Wildman–Crippen LogP) is 5.46. The molecule has 0 bridgehead atoms. The zero-order chi connectivity index (χ0) is 20.0. The van der Waals surface area contributed by atoms with Gasteiger partial charge in [-0.1, -0.05) is 35.3 Å². The van der Waals surface area contributed by atoms with Gasteiger partial charge in [0, 0.05) is 31.0 Å². The maximum atomic E-state index is 12.7. The number of piperidine rings is 1. The van der Waals surface area contributed by atoms with Gasteiger partial charge < -0.3 is 14.4 Å². The monoisotopic (exact) mass is 411 g/mol. The van der Waals surface area contributed by atoms with Gasteiger partial charge >= 0.3 is 6.09 Å². The Morgan fingerprint density at radius 3 is 2.59 bits per heavy atom. The molecule has 3 rings (SSSR count). The highest BCUT2D eigenvalue weighted by molar-refractivity contribution is 6.42. The Balaban J connectivity index is 1.93. The number of carbonyl (C=O) groups excluding carboxylic acids is 1. The molecule has 1 saturated carbocycles. The first kappa shape index (κ1) is 20.5. The fraction of sp³-hybridized carbons (Fsp3) is 0.571. The van der Waals surface area contributed by atoms with E-state index in [1.807, 2.05) is 45.0 Å². The van der Waals surface area contributed by atoms with Gasteiger partial charge in [0.1, 0.15) is 5.60 Å². The van der Waals surface area contributed by atoms with Crippen molar-refractivity contribution < 1.29 is 14.3 Å². The summed E-state index contributed by atoms with van der Waals surface area (Å²) < 4.78 is 11.3. The van der Waals surface area contributed by atoms with E-state index in [4.69, 9.17) is 32.7 Å². The van der Waals surface area contributed by atoms with Crippen molar-refractivity contribution in [3.63, 3.8) is 0 Å². The van der Waals surface area contributed by atoms with E-state index in [1.54, 1.807) is 12.0 Å². The summed E-state index contributed by atoms with van der Waals surface area (Å²) in [4.78, 5) is 14.5. The Labute approximate surface area is 171 Å². The van der Waals surface area contributed by atoms with Crippen LogP contribution in [0.15, 0.2) is 30.9 Å². The molecule has 1 aliphatic carbocycles. The topological polar surface area (TPSA) is 38.8 Å². The second kappa shape index (κ2) is 6.98. The van der Waals surface area contributed by atoms with Crippen LogP contribution < -0.4 is 0 Å². The molecule has 1 amide bonds. The molecule has 6 heteroatoms. The molecular weight excluding hydrogens is 385 g/mol. The van der Waals surface area contributed by atoms with E-state index in [-0.39, 0.29) is 23.0 Å². The molecule has 27 heavy (non-hydrogen) atoms. The van der Waals surface area contributed by atoms with Crippen LogP contribution in [0.2, 0.25) is 10.0 Å². The summed E-state index contributed by atoms with van der Waals surface area (Å²) in [5, 5.41) is 1.09. The van der Waals surface area contributed by atoms with E-state index >= 15 is 0 Å². The first-order valence-electron chi connectivity index (χ1n) is 9.17. The number of nitrogens with zero attached hydrogens (tertiary/aromatic N) is 1. The van der Waals surface area contributed by atoms with Crippen LogP contribution in [-0.2, 0) is 14.9 Å². The van der Waals surface area contributed by atoms with E-state index in [0.29, 0.717) is 23.1 Å². The van der Waals surface area contributed by atoms with Crippen molar-refractivity contribution in [2.24, 2.45) is 5.41 Å². The van der Waals surface area contributed by atoms with Gasteiger partial charge in [-0.05, 0) is 51.3 Å². The lowest BCUT2D eigenvalue weighted by molar-refractivity contribution is -0.00690. The summed E-state index contributed by atoms with van der Waals surface area (Å²) in [5.41, 5.74) is 0.278. The number of likely N-dealkylation sites (tertiary alicyclic amines) is 1. The van der Waals surface area contributed by atoms with Crippen molar-refractivity contribution in [3.05, 3.63) is 46.5 Å². The molecule has 0 aromatic heterocycles. The summed E-state index contributed by atoms with van der Waals surface area (Å²) in [6.45, 7) is 10.8. The van der Waals surface area contributed by atoms with E-state index in [9.17, 15) is 4.79 Å². The molecule has 1 saturated heterocycles. The normalized spacial score (nSPS) is 28.3. The van der Waals surface area contributed by atoms with E-state index in [1.165, 1.54) is 0 Å². The van der Waals surface area contributed by atoms with Gasteiger partial charge in [-0.25, -0.2) is 4.79 Å². The summed E-state index contributed by atoms with van der Waals surface area (Å²) in [5.74, 6) is 0. The third-order valence-electron chi connectivity index (χ3n) is 5.86. The Hall–Kier alpha value is -1.23. The predicted molar refractivity (Wildman–Crippen MR) is 109 cm³/mol. The Morgan fingerprint density at radius 2 is 2.04 bits per heavy atom. The van der Waals surface area contributed by atoms with Crippen molar-refractivity contribution in [3.8, 4) is 0 Å². The first-order valence-corrected chi connectivity index (χ1v) is 9.93. The highest BCUT2D eigenvalue weighted by Gasteiger charge is 2.73. The van der Waals surface area contributed by atoms with Gasteiger partial charge in [-0.3, -0.25) is 0 Å². The van der Waals surface area contributed by atoms with Crippen LogP contribution in [0.4, 0.5) is 4.79 Å². The Morgan fingerprint density at radius 1 is 1.33 bits per heavy atom. The lowest BCUT2D eigenvalue weighted by Gasteiger charge is -2.41. The van der Waals surface area contributed by atoms with Crippen LogP contribution >= 0.6 is 23.2 Å². The minimum absolute atomic E-state index is 0.103. The number of methoxy groups -OCH3 is 1. The number of carbonyl (C=O) groups is 1. The Kier molecular flexibility index (Phi) is 5.30. The summed E-state index contributed by atoms with van der Waals surface area (Å²) >= 11 is 12.4. The molecule has 2 aliphatic rings.